The number of hydrogen-bond acceptors (Lipinski definition) is 3. The number of oxime groups is 1. The second-order valence-electron chi connectivity index (χ2n) is 5.07. The Hall–Kier alpha value is -2.88. The van der Waals surface area contributed by atoms with Gasteiger partial charge in [-0.05, 0) is 12.0 Å². The Balaban J connectivity index is 1.98. The van der Waals surface area contributed by atoms with E-state index in [0.717, 1.165) is 12.0 Å². The van der Waals surface area contributed by atoms with Gasteiger partial charge < -0.3 is 9.77 Å². The lowest BCUT2D eigenvalue weighted by molar-refractivity contribution is 0.315. The highest BCUT2D eigenvalue weighted by Crippen LogP contribution is 2.20. The summed E-state index contributed by atoms with van der Waals surface area (Å²) in [6.07, 6.45) is 6.10. The average Bonchev–Trinajstić information content (AvgIpc) is 3.11. The van der Waals surface area contributed by atoms with Crippen molar-refractivity contribution in [3.63, 3.8) is 0 Å². The fourth-order valence-corrected chi connectivity index (χ4v) is 2.56. The molecule has 1 unspecified atom stereocenters. The summed E-state index contributed by atoms with van der Waals surface area (Å²) < 4.78 is 1.97. The van der Waals surface area contributed by atoms with E-state index in [1.54, 1.807) is 12.5 Å². The lowest BCUT2D eigenvalue weighted by atomic mass is 9.96. The second kappa shape index (κ2) is 6.72. The van der Waals surface area contributed by atoms with Gasteiger partial charge in [-0.1, -0.05) is 65.8 Å². The Morgan fingerprint density at radius 2 is 1.73 bits per heavy atom. The first-order valence-corrected chi connectivity index (χ1v) is 7.17. The molecule has 0 aliphatic heterocycles. The highest BCUT2D eigenvalue weighted by Gasteiger charge is 2.20. The van der Waals surface area contributed by atoms with Crippen molar-refractivity contribution < 1.29 is 5.21 Å². The van der Waals surface area contributed by atoms with E-state index in [4.69, 9.17) is 0 Å². The summed E-state index contributed by atoms with van der Waals surface area (Å²) >= 11 is 0. The maximum absolute atomic E-state index is 9.58. The molecule has 0 bridgehead atoms. The van der Waals surface area contributed by atoms with Crippen molar-refractivity contribution in [2.24, 2.45) is 5.16 Å². The summed E-state index contributed by atoms with van der Waals surface area (Å²) in [4.78, 5) is 4.12. The first-order valence-electron chi connectivity index (χ1n) is 7.17. The Morgan fingerprint density at radius 3 is 2.32 bits per heavy atom. The van der Waals surface area contributed by atoms with Crippen LogP contribution in [-0.2, 0) is 6.42 Å². The Kier molecular flexibility index (Phi) is 4.30. The van der Waals surface area contributed by atoms with Crippen molar-refractivity contribution in [1.29, 1.82) is 0 Å². The summed E-state index contributed by atoms with van der Waals surface area (Å²) in [6, 6.07) is 19.8. The Morgan fingerprint density at radius 1 is 1.05 bits per heavy atom. The lowest BCUT2D eigenvalue weighted by Crippen LogP contribution is -2.22. The third kappa shape index (κ3) is 3.06. The van der Waals surface area contributed by atoms with Crippen molar-refractivity contribution in [3.8, 4) is 0 Å². The van der Waals surface area contributed by atoms with Gasteiger partial charge >= 0.3 is 0 Å². The largest absolute Gasteiger partial charge is 0.411 e. The van der Waals surface area contributed by atoms with Crippen LogP contribution in [0.2, 0.25) is 0 Å². The maximum atomic E-state index is 9.58. The van der Waals surface area contributed by atoms with Crippen LogP contribution in [0.3, 0.4) is 0 Å². The molecule has 0 spiro atoms. The topological polar surface area (TPSA) is 50.4 Å². The number of imidazole rings is 1. The van der Waals surface area contributed by atoms with E-state index >= 15 is 0 Å². The molecular weight excluding hydrogens is 274 g/mol. The summed E-state index contributed by atoms with van der Waals surface area (Å²) in [5.74, 6) is 0. The van der Waals surface area contributed by atoms with Gasteiger partial charge in [-0.3, -0.25) is 0 Å². The van der Waals surface area contributed by atoms with E-state index in [0.29, 0.717) is 5.71 Å². The standard InChI is InChI=1S/C18H17N3O/c22-20-18(16-9-5-2-6-10-16)17(21-12-11-19-14-21)13-15-7-3-1-4-8-15/h1-12,14,17,22H,13H2/b20-18+. The van der Waals surface area contributed by atoms with Crippen LogP contribution in [-0.4, -0.2) is 20.5 Å². The molecule has 1 atom stereocenters. The fourth-order valence-electron chi connectivity index (χ4n) is 2.56. The van der Waals surface area contributed by atoms with E-state index in [2.05, 4.69) is 22.3 Å². The number of nitrogens with zero attached hydrogens (tertiary/aromatic N) is 3. The van der Waals surface area contributed by atoms with E-state index in [9.17, 15) is 5.21 Å². The molecule has 1 N–H and O–H groups in total. The third-order valence-corrected chi connectivity index (χ3v) is 3.65. The minimum Gasteiger partial charge on any atom is -0.411 e. The smallest absolute Gasteiger partial charge is 0.110 e. The summed E-state index contributed by atoms with van der Waals surface area (Å²) in [5, 5.41) is 13.2. The summed E-state index contributed by atoms with van der Waals surface area (Å²) in [5.41, 5.74) is 2.71. The molecule has 1 heterocycles. The minimum atomic E-state index is -0.114. The van der Waals surface area contributed by atoms with E-state index in [-0.39, 0.29) is 6.04 Å². The van der Waals surface area contributed by atoms with Gasteiger partial charge in [0.25, 0.3) is 0 Å². The molecule has 2 aromatic carbocycles. The minimum absolute atomic E-state index is 0.114. The van der Waals surface area contributed by atoms with Crippen LogP contribution in [0.15, 0.2) is 84.5 Å². The molecule has 3 rings (SSSR count). The van der Waals surface area contributed by atoms with Crippen LogP contribution >= 0.6 is 0 Å². The molecule has 0 fully saturated rings. The Labute approximate surface area is 129 Å². The van der Waals surface area contributed by atoms with Gasteiger partial charge in [0.15, 0.2) is 0 Å². The van der Waals surface area contributed by atoms with Gasteiger partial charge in [-0.15, -0.1) is 0 Å². The van der Waals surface area contributed by atoms with E-state index in [1.165, 1.54) is 5.56 Å². The van der Waals surface area contributed by atoms with Crippen LogP contribution in [0.25, 0.3) is 0 Å². The Bertz CT molecular complexity index is 722. The molecule has 4 nitrogen and oxygen atoms in total. The molecule has 0 amide bonds. The number of rotatable bonds is 5. The first-order chi connectivity index (χ1) is 10.9. The monoisotopic (exact) mass is 291 g/mol. The number of aromatic nitrogens is 2. The maximum Gasteiger partial charge on any atom is 0.110 e. The first kappa shape index (κ1) is 14.1. The van der Waals surface area contributed by atoms with Crippen LogP contribution < -0.4 is 0 Å². The van der Waals surface area contributed by atoms with Gasteiger partial charge in [0.1, 0.15) is 5.71 Å². The summed E-state index contributed by atoms with van der Waals surface area (Å²) in [6.45, 7) is 0. The van der Waals surface area contributed by atoms with Gasteiger partial charge in [0.2, 0.25) is 0 Å². The van der Waals surface area contributed by atoms with E-state index < -0.39 is 0 Å². The van der Waals surface area contributed by atoms with Crippen LogP contribution in [0, 0.1) is 0 Å². The van der Waals surface area contributed by atoms with Crippen LogP contribution in [0.4, 0.5) is 0 Å². The third-order valence-electron chi connectivity index (χ3n) is 3.65. The molecule has 110 valence electrons. The predicted molar refractivity (Wildman–Crippen MR) is 86.2 cm³/mol. The molecule has 0 saturated carbocycles. The zero-order valence-electron chi connectivity index (χ0n) is 12.1. The average molecular weight is 291 g/mol. The SMILES string of the molecule is O/N=C(\c1ccccc1)C(Cc1ccccc1)n1ccnc1. The predicted octanol–water partition coefficient (Wildman–Crippen LogP) is 3.55. The quantitative estimate of drug-likeness (QED) is 0.444. The van der Waals surface area contributed by atoms with Gasteiger partial charge in [0.05, 0.1) is 12.4 Å². The number of hydrogen-bond donors (Lipinski definition) is 1. The van der Waals surface area contributed by atoms with Gasteiger partial charge in [-0.25, -0.2) is 4.98 Å². The molecule has 4 heteroatoms. The highest BCUT2D eigenvalue weighted by atomic mass is 16.4. The zero-order chi connectivity index (χ0) is 15.2. The van der Waals surface area contributed by atoms with Gasteiger partial charge in [-0.2, -0.15) is 0 Å². The van der Waals surface area contributed by atoms with Crippen molar-refractivity contribution in [1.82, 2.24) is 9.55 Å². The van der Waals surface area contributed by atoms with Crippen molar-refractivity contribution in [2.75, 3.05) is 0 Å². The highest BCUT2D eigenvalue weighted by molar-refractivity contribution is 6.03. The molecule has 0 aliphatic carbocycles. The second-order valence-corrected chi connectivity index (χ2v) is 5.07. The van der Waals surface area contributed by atoms with Crippen LogP contribution in [0.1, 0.15) is 17.2 Å². The molecule has 0 aliphatic rings. The number of benzene rings is 2. The van der Waals surface area contributed by atoms with Crippen molar-refractivity contribution in [2.45, 2.75) is 12.5 Å². The van der Waals surface area contributed by atoms with Gasteiger partial charge in [0, 0.05) is 18.0 Å². The summed E-state index contributed by atoms with van der Waals surface area (Å²) in [7, 11) is 0. The normalized spacial score (nSPS) is 13.0. The van der Waals surface area contributed by atoms with E-state index in [1.807, 2.05) is 59.3 Å². The van der Waals surface area contributed by atoms with Crippen LogP contribution in [0.5, 0.6) is 0 Å². The fraction of sp³-hybridized carbons (Fsp3) is 0.111. The lowest BCUT2D eigenvalue weighted by Gasteiger charge is -2.20. The molecule has 22 heavy (non-hydrogen) atoms. The molecule has 3 aromatic rings. The molecule has 1 aromatic heterocycles. The molecule has 0 radical (unpaired) electrons. The zero-order valence-corrected chi connectivity index (χ0v) is 12.1. The molecular formula is C18H17N3O. The molecule has 0 saturated heterocycles. The van der Waals surface area contributed by atoms with Crippen molar-refractivity contribution >= 4 is 5.71 Å². The van der Waals surface area contributed by atoms with Crippen molar-refractivity contribution in [3.05, 3.63) is 90.5 Å².